The van der Waals surface area contributed by atoms with Gasteiger partial charge in [-0.3, -0.25) is 9.78 Å². The Hall–Kier alpha value is -3.38. The van der Waals surface area contributed by atoms with Crippen molar-refractivity contribution in [1.82, 2.24) is 14.9 Å². The topological polar surface area (TPSA) is 101 Å². The number of hydrogen-bond donors (Lipinski definition) is 2. The normalized spacial score (nSPS) is 15.2. The second kappa shape index (κ2) is 11.8. The van der Waals surface area contributed by atoms with Crippen LogP contribution in [0.25, 0.3) is 10.9 Å². The van der Waals surface area contributed by atoms with E-state index in [4.69, 9.17) is 0 Å². The number of pyridine rings is 1. The number of aliphatic hydroxyl groups excluding tert-OH is 1. The summed E-state index contributed by atoms with van der Waals surface area (Å²) in [5.74, 6) is -0.450. The van der Waals surface area contributed by atoms with Gasteiger partial charge in [-0.05, 0) is 66.4 Å². The standard InChI is InChI=1S/C29H33B5F3N3O4S/c30-28(31,32)29(33,34)45(43,44)22-8-3-16(4-9-22)23(15-41)39-26(42)18-5-10-24-19(12-18)14-21(40(24)20-6-7-20)13-17-2-1-11-38-25(17)27(35,36)37/h1-5,8-12,14,20,23,41H,6-7,13,15,30-34H2,(H,39,42)/t23-/m0/s1. The molecule has 1 saturated carbocycles. The maximum atomic E-state index is 13.6. The maximum absolute atomic E-state index is 13.6. The molecule has 0 spiro atoms. The van der Waals surface area contributed by atoms with Gasteiger partial charge in [0.2, 0.25) is 0 Å². The highest BCUT2D eigenvalue weighted by Crippen LogP contribution is 2.41. The molecule has 1 aliphatic carbocycles. The van der Waals surface area contributed by atoms with Crippen LogP contribution in [0.4, 0.5) is 13.2 Å². The number of nitrogens with zero attached hydrogens (tertiary/aromatic N) is 2. The summed E-state index contributed by atoms with van der Waals surface area (Å²) in [6.45, 7) is -0.414. The molecule has 0 radical (unpaired) electrons. The van der Waals surface area contributed by atoms with Crippen LogP contribution in [0.2, 0.25) is 5.11 Å². The molecule has 4 aromatic rings. The zero-order valence-electron chi connectivity index (χ0n) is 25.9. The maximum Gasteiger partial charge on any atom is 0.433 e. The van der Waals surface area contributed by atoms with Gasteiger partial charge in [0.15, 0.2) is 9.84 Å². The average molecular weight is 631 g/mol. The van der Waals surface area contributed by atoms with E-state index in [1.54, 1.807) is 46.0 Å². The van der Waals surface area contributed by atoms with Crippen LogP contribution in [0, 0.1) is 0 Å². The van der Waals surface area contributed by atoms with Crippen molar-refractivity contribution in [1.29, 1.82) is 0 Å². The van der Waals surface area contributed by atoms with Crippen LogP contribution < -0.4 is 5.32 Å². The van der Waals surface area contributed by atoms with Crippen LogP contribution in [-0.2, 0) is 22.4 Å². The molecule has 0 bridgehead atoms. The molecule has 2 aromatic carbocycles. The Morgan fingerprint density at radius 2 is 1.69 bits per heavy atom. The van der Waals surface area contributed by atoms with Crippen molar-refractivity contribution in [3.8, 4) is 0 Å². The summed E-state index contributed by atoms with van der Waals surface area (Å²) in [4.78, 5) is 17.1. The predicted octanol–water partition coefficient (Wildman–Crippen LogP) is 0.111. The summed E-state index contributed by atoms with van der Waals surface area (Å²) in [5, 5.41) is 13.1. The third-order valence-electron chi connectivity index (χ3n) is 9.18. The number of carbonyl (C=O) groups excluding carboxylic acids is 1. The minimum atomic E-state index is -4.57. The molecule has 230 valence electrons. The van der Waals surface area contributed by atoms with E-state index in [9.17, 15) is 31.5 Å². The van der Waals surface area contributed by atoms with E-state index in [0.717, 1.165) is 29.9 Å². The third-order valence-corrected chi connectivity index (χ3v) is 12.0. The number of alkyl halides is 3. The summed E-state index contributed by atoms with van der Waals surface area (Å²) in [6, 6.07) is 15.5. The first-order chi connectivity index (χ1) is 21.0. The molecule has 2 N–H and O–H groups in total. The minimum absolute atomic E-state index is 0.0423. The number of aromatic nitrogens is 2. The molecule has 1 atom stereocenters. The summed E-state index contributed by atoms with van der Waals surface area (Å²) in [7, 11) is 5.35. The van der Waals surface area contributed by atoms with Gasteiger partial charge in [-0.2, -0.15) is 13.2 Å². The van der Waals surface area contributed by atoms with Crippen LogP contribution >= 0.6 is 0 Å². The number of amides is 1. The zero-order chi connectivity index (χ0) is 32.9. The molecule has 1 fully saturated rings. The molecule has 0 saturated heterocycles. The number of benzene rings is 2. The molecular formula is C29H33B5F3N3O4S. The molecular weight excluding hydrogens is 597 g/mol. The van der Waals surface area contributed by atoms with Crippen molar-refractivity contribution < 1.29 is 31.5 Å². The molecule has 7 nitrogen and oxygen atoms in total. The predicted molar refractivity (Wildman–Crippen MR) is 181 cm³/mol. The SMILES string of the molecule is BC(B)(B)C(B)(B)S(=O)(=O)c1ccc([C@H](CO)NC(=O)c2ccc3c(c2)cc(Cc2cccnc2C(F)(F)F)n3C2CC2)cc1. The molecule has 0 unspecified atom stereocenters. The number of rotatable bonds is 10. The van der Waals surface area contributed by atoms with E-state index in [1.165, 1.54) is 24.3 Å². The van der Waals surface area contributed by atoms with Crippen molar-refractivity contribution in [2.75, 3.05) is 6.61 Å². The lowest BCUT2D eigenvalue weighted by atomic mass is 9.30. The number of halogens is 3. The van der Waals surface area contributed by atoms with Crippen LogP contribution in [0.5, 0.6) is 0 Å². The number of aliphatic hydroxyl groups is 1. The fraction of sp³-hybridized carbons (Fsp3) is 0.310. The number of fused-ring (bicyclic) bond motifs is 1. The van der Waals surface area contributed by atoms with Gasteiger partial charge >= 0.3 is 6.18 Å². The average Bonchev–Trinajstić information content (AvgIpc) is 3.75. The van der Waals surface area contributed by atoms with Gasteiger partial charge in [-0.15, -0.1) is 5.11 Å². The highest BCUT2D eigenvalue weighted by Gasteiger charge is 2.44. The number of nitrogens with one attached hydrogen (secondary N) is 1. The first kappa shape index (κ1) is 33.0. The molecule has 0 aliphatic heterocycles. The van der Waals surface area contributed by atoms with E-state index in [-0.39, 0.29) is 22.9 Å². The van der Waals surface area contributed by atoms with E-state index in [1.807, 2.05) is 29.6 Å². The Morgan fingerprint density at radius 3 is 2.27 bits per heavy atom. The number of carbonyl (C=O) groups is 1. The summed E-state index contributed by atoms with van der Waals surface area (Å²) in [5.41, 5.74) is 1.58. The fourth-order valence-electron chi connectivity index (χ4n) is 5.42. The first-order valence-electron chi connectivity index (χ1n) is 14.9. The minimum Gasteiger partial charge on any atom is -0.394 e. The number of hydrogen-bond acceptors (Lipinski definition) is 5. The lowest BCUT2D eigenvalue weighted by Crippen LogP contribution is -2.52. The molecule has 45 heavy (non-hydrogen) atoms. The fourth-order valence-corrected chi connectivity index (χ4v) is 7.31. The van der Waals surface area contributed by atoms with Gasteiger partial charge in [0.05, 0.1) is 41.1 Å². The second-order valence-corrected chi connectivity index (χ2v) is 15.7. The Bertz CT molecular complexity index is 1860. The smallest absolute Gasteiger partial charge is 0.394 e. The van der Waals surface area contributed by atoms with Crippen molar-refractivity contribution in [3.05, 3.63) is 94.9 Å². The van der Waals surface area contributed by atoms with Gasteiger partial charge in [0, 0.05) is 45.4 Å². The van der Waals surface area contributed by atoms with E-state index in [0.29, 0.717) is 16.8 Å². The van der Waals surface area contributed by atoms with Crippen molar-refractivity contribution >= 4 is 65.9 Å². The van der Waals surface area contributed by atoms with Gasteiger partial charge in [-0.1, -0.05) is 18.2 Å². The first-order valence-corrected chi connectivity index (χ1v) is 16.4. The molecule has 5 rings (SSSR count). The van der Waals surface area contributed by atoms with Crippen molar-refractivity contribution in [2.24, 2.45) is 0 Å². The molecule has 1 aliphatic rings. The Labute approximate surface area is 265 Å². The van der Waals surface area contributed by atoms with Crippen molar-refractivity contribution in [3.63, 3.8) is 0 Å². The van der Waals surface area contributed by atoms with Crippen LogP contribution in [0.1, 0.15) is 57.8 Å². The summed E-state index contributed by atoms with van der Waals surface area (Å²) in [6.07, 6.45) is -1.55. The number of sulfone groups is 1. The lowest BCUT2D eigenvalue weighted by molar-refractivity contribution is -0.141. The highest BCUT2D eigenvalue weighted by molar-refractivity contribution is 7.95. The molecule has 1 amide bonds. The van der Waals surface area contributed by atoms with Crippen LogP contribution in [0.15, 0.2) is 71.8 Å². The Morgan fingerprint density at radius 1 is 1.02 bits per heavy atom. The quantitative estimate of drug-likeness (QED) is 0.243. The van der Waals surface area contributed by atoms with Gasteiger partial charge < -0.3 is 15.0 Å². The van der Waals surface area contributed by atoms with E-state index < -0.39 is 49.9 Å². The monoisotopic (exact) mass is 631 g/mol. The third kappa shape index (κ3) is 6.36. The second-order valence-electron chi connectivity index (χ2n) is 13.2. The van der Waals surface area contributed by atoms with Gasteiger partial charge in [0.25, 0.3) is 5.91 Å². The largest absolute Gasteiger partial charge is 0.433 e. The lowest BCUT2D eigenvalue weighted by Gasteiger charge is -2.39. The molecule has 2 heterocycles. The van der Waals surface area contributed by atoms with E-state index >= 15 is 0 Å². The van der Waals surface area contributed by atoms with E-state index in [2.05, 4.69) is 14.9 Å². The molecule has 2 aromatic heterocycles. The van der Waals surface area contributed by atoms with Crippen LogP contribution in [-0.4, -0.2) is 79.4 Å². The van der Waals surface area contributed by atoms with Gasteiger partial charge in [-0.25, -0.2) is 8.42 Å². The van der Waals surface area contributed by atoms with Crippen LogP contribution in [0.3, 0.4) is 0 Å². The Kier molecular flexibility index (Phi) is 8.63. The molecule has 16 heteroatoms. The summed E-state index contributed by atoms with van der Waals surface area (Å²) >= 11 is 0. The Balaban J connectivity index is 1.39. The highest BCUT2D eigenvalue weighted by atomic mass is 32.2. The van der Waals surface area contributed by atoms with Gasteiger partial charge in [0.1, 0.15) is 21.4 Å². The summed E-state index contributed by atoms with van der Waals surface area (Å²) < 4.78 is 68.7. The zero-order valence-corrected chi connectivity index (χ0v) is 26.8. The van der Waals surface area contributed by atoms with Crippen molar-refractivity contribution in [2.45, 2.75) is 52.1 Å².